The lowest BCUT2D eigenvalue weighted by Gasteiger charge is -2.32. The summed E-state index contributed by atoms with van der Waals surface area (Å²) in [5, 5.41) is 0. The lowest BCUT2D eigenvalue weighted by molar-refractivity contribution is -0.157. The van der Waals surface area contributed by atoms with Crippen molar-refractivity contribution < 1.29 is 27.5 Å². The molecule has 23 heavy (non-hydrogen) atoms. The quantitative estimate of drug-likeness (QED) is 0.733. The summed E-state index contributed by atoms with van der Waals surface area (Å²) in [5.74, 6) is -0.697. The van der Waals surface area contributed by atoms with E-state index in [4.69, 9.17) is 4.74 Å². The Morgan fingerprint density at radius 1 is 1.22 bits per heavy atom. The Bertz CT molecular complexity index is 434. The summed E-state index contributed by atoms with van der Waals surface area (Å²) in [7, 11) is 1.71. The van der Waals surface area contributed by atoms with Crippen LogP contribution in [0.5, 0.6) is 0 Å². The first-order chi connectivity index (χ1) is 10.7. The van der Waals surface area contributed by atoms with Gasteiger partial charge in [0.2, 0.25) is 5.91 Å². The van der Waals surface area contributed by atoms with E-state index in [0.717, 1.165) is 0 Å². The van der Waals surface area contributed by atoms with Crippen molar-refractivity contribution in [2.45, 2.75) is 31.9 Å². The highest BCUT2D eigenvalue weighted by Crippen LogP contribution is 2.24. The van der Waals surface area contributed by atoms with Gasteiger partial charge in [-0.3, -0.25) is 14.5 Å². The number of hydrogen-bond acceptors (Lipinski definition) is 4. The summed E-state index contributed by atoms with van der Waals surface area (Å²) in [5.41, 5.74) is 0. The molecule has 0 spiro atoms. The number of halogens is 3. The number of carbonyl (C=O) groups excluding carboxylic acids is 2. The van der Waals surface area contributed by atoms with Crippen molar-refractivity contribution in [1.82, 2.24) is 9.80 Å². The fourth-order valence-corrected chi connectivity index (χ4v) is 3.03. The minimum Gasteiger partial charge on any atom is -0.465 e. The third kappa shape index (κ3) is 5.67. The molecule has 0 radical (unpaired) electrons. The van der Waals surface area contributed by atoms with Crippen LogP contribution in [0.2, 0.25) is 0 Å². The highest BCUT2D eigenvalue weighted by molar-refractivity contribution is 5.84. The number of amides is 1. The minimum atomic E-state index is -4.17. The predicted molar refractivity (Wildman–Crippen MR) is 76.5 cm³/mol. The summed E-state index contributed by atoms with van der Waals surface area (Å²) in [6.07, 6.45) is -2.20. The molecule has 0 bridgehead atoms. The fourth-order valence-electron chi connectivity index (χ4n) is 3.03. The normalized spacial score (nSPS) is 24.8. The lowest BCUT2D eigenvalue weighted by Crippen LogP contribution is -2.41. The molecule has 0 unspecified atom stereocenters. The van der Waals surface area contributed by atoms with Gasteiger partial charge in [0.1, 0.15) is 0 Å². The second-order valence-electron chi connectivity index (χ2n) is 6.47. The molecule has 0 aromatic heterocycles. The van der Waals surface area contributed by atoms with Crippen LogP contribution in [0, 0.1) is 11.8 Å². The Hall–Kier alpha value is -1.31. The van der Waals surface area contributed by atoms with Gasteiger partial charge in [-0.15, -0.1) is 0 Å². The molecule has 2 fully saturated rings. The summed E-state index contributed by atoms with van der Waals surface area (Å²) in [6, 6.07) is 0. The molecular formula is C15H23F3N2O3. The van der Waals surface area contributed by atoms with Crippen molar-refractivity contribution in [2.75, 3.05) is 39.8 Å². The minimum absolute atomic E-state index is 0.0568. The highest BCUT2D eigenvalue weighted by atomic mass is 19.4. The van der Waals surface area contributed by atoms with E-state index in [0.29, 0.717) is 38.9 Å². The average molecular weight is 336 g/mol. The monoisotopic (exact) mass is 336 g/mol. The molecule has 0 saturated carbocycles. The van der Waals surface area contributed by atoms with Crippen LogP contribution in [-0.4, -0.2) is 67.7 Å². The number of ether oxygens (including phenoxy) is 1. The second kappa shape index (κ2) is 7.51. The van der Waals surface area contributed by atoms with Gasteiger partial charge in [-0.2, -0.15) is 13.2 Å². The standard InChI is InChI=1S/C15H23F3N2O3/c1-19-5-4-12(8-13(19)21)14(22)23-9-11-2-6-20(7-3-11)10-15(16,17)18/h11-12H,2-10H2,1H3/t12-/m1/s1. The van der Waals surface area contributed by atoms with Gasteiger partial charge >= 0.3 is 12.1 Å². The summed E-state index contributed by atoms with van der Waals surface area (Å²) in [6.45, 7) is 0.647. The Balaban J connectivity index is 1.67. The zero-order valence-electron chi connectivity index (χ0n) is 13.3. The molecule has 8 heteroatoms. The highest BCUT2D eigenvalue weighted by Gasteiger charge is 2.33. The summed E-state index contributed by atoms with van der Waals surface area (Å²) >= 11 is 0. The molecule has 1 amide bonds. The Labute approximate surface area is 133 Å². The number of esters is 1. The van der Waals surface area contributed by atoms with Crippen LogP contribution < -0.4 is 0 Å². The summed E-state index contributed by atoms with van der Waals surface area (Å²) < 4.78 is 42.2. The van der Waals surface area contributed by atoms with E-state index in [-0.39, 0.29) is 36.7 Å². The zero-order chi connectivity index (χ0) is 17.0. The number of hydrogen-bond donors (Lipinski definition) is 0. The first kappa shape index (κ1) is 18.0. The van der Waals surface area contributed by atoms with Gasteiger partial charge in [0.05, 0.1) is 19.1 Å². The van der Waals surface area contributed by atoms with Crippen molar-refractivity contribution in [1.29, 1.82) is 0 Å². The van der Waals surface area contributed by atoms with E-state index in [2.05, 4.69) is 0 Å². The maximum Gasteiger partial charge on any atom is 0.401 e. The molecule has 5 nitrogen and oxygen atoms in total. The van der Waals surface area contributed by atoms with Crippen LogP contribution in [0.3, 0.4) is 0 Å². The molecule has 2 aliphatic rings. The molecule has 2 heterocycles. The van der Waals surface area contributed by atoms with E-state index in [1.165, 1.54) is 4.90 Å². The largest absolute Gasteiger partial charge is 0.465 e. The van der Waals surface area contributed by atoms with E-state index >= 15 is 0 Å². The number of likely N-dealkylation sites (tertiary alicyclic amines) is 2. The molecule has 0 N–H and O–H groups in total. The topological polar surface area (TPSA) is 49.9 Å². The Kier molecular flexibility index (Phi) is 5.89. The van der Waals surface area contributed by atoms with Gasteiger partial charge in [0.25, 0.3) is 0 Å². The van der Waals surface area contributed by atoms with Gasteiger partial charge in [0, 0.05) is 20.0 Å². The number of nitrogens with zero attached hydrogens (tertiary/aromatic N) is 2. The average Bonchev–Trinajstić information content (AvgIpc) is 2.47. The number of rotatable bonds is 4. The van der Waals surface area contributed by atoms with Crippen molar-refractivity contribution in [3.05, 3.63) is 0 Å². The van der Waals surface area contributed by atoms with Crippen LogP contribution in [0.15, 0.2) is 0 Å². The maximum atomic E-state index is 12.3. The molecule has 0 aromatic carbocycles. The van der Waals surface area contributed by atoms with Crippen LogP contribution in [0.4, 0.5) is 13.2 Å². The molecular weight excluding hydrogens is 313 g/mol. The summed E-state index contributed by atoms with van der Waals surface area (Å²) in [4.78, 5) is 26.6. The fraction of sp³-hybridized carbons (Fsp3) is 0.867. The van der Waals surface area contributed by atoms with E-state index in [9.17, 15) is 22.8 Å². The number of piperidine rings is 2. The first-order valence-electron chi connectivity index (χ1n) is 7.94. The molecule has 2 rings (SSSR count). The molecule has 0 aromatic rings. The van der Waals surface area contributed by atoms with Crippen molar-refractivity contribution in [3.8, 4) is 0 Å². The molecule has 0 aliphatic carbocycles. The lowest BCUT2D eigenvalue weighted by atomic mass is 9.96. The van der Waals surface area contributed by atoms with Crippen molar-refractivity contribution in [2.24, 2.45) is 11.8 Å². The Morgan fingerprint density at radius 3 is 2.43 bits per heavy atom. The maximum absolute atomic E-state index is 12.3. The van der Waals surface area contributed by atoms with Gasteiger partial charge < -0.3 is 9.64 Å². The van der Waals surface area contributed by atoms with Crippen LogP contribution in [0.1, 0.15) is 25.7 Å². The zero-order valence-corrected chi connectivity index (χ0v) is 13.3. The smallest absolute Gasteiger partial charge is 0.401 e. The molecule has 132 valence electrons. The number of carbonyl (C=O) groups is 2. The van der Waals surface area contributed by atoms with Gasteiger partial charge in [-0.05, 0) is 38.3 Å². The second-order valence-corrected chi connectivity index (χ2v) is 6.47. The van der Waals surface area contributed by atoms with Crippen LogP contribution in [-0.2, 0) is 14.3 Å². The number of alkyl halides is 3. The third-order valence-electron chi connectivity index (χ3n) is 4.56. The van der Waals surface area contributed by atoms with Gasteiger partial charge in [-0.1, -0.05) is 0 Å². The van der Waals surface area contributed by atoms with Gasteiger partial charge in [0.15, 0.2) is 0 Å². The molecule has 1 atom stereocenters. The van der Waals surface area contributed by atoms with E-state index in [1.54, 1.807) is 11.9 Å². The molecule has 2 aliphatic heterocycles. The van der Waals surface area contributed by atoms with E-state index in [1.807, 2.05) is 0 Å². The Morgan fingerprint density at radius 2 is 1.87 bits per heavy atom. The SMILES string of the molecule is CN1CC[C@@H](C(=O)OCC2CCN(CC(F)(F)F)CC2)CC1=O. The van der Waals surface area contributed by atoms with Crippen LogP contribution in [0.25, 0.3) is 0 Å². The van der Waals surface area contributed by atoms with Crippen LogP contribution >= 0.6 is 0 Å². The third-order valence-corrected chi connectivity index (χ3v) is 4.56. The predicted octanol–water partition coefficient (Wildman–Crippen LogP) is 1.67. The first-order valence-corrected chi connectivity index (χ1v) is 7.94. The van der Waals surface area contributed by atoms with Gasteiger partial charge in [-0.25, -0.2) is 0 Å². The van der Waals surface area contributed by atoms with Crippen molar-refractivity contribution >= 4 is 11.9 Å². The van der Waals surface area contributed by atoms with E-state index < -0.39 is 12.7 Å². The molecule has 2 saturated heterocycles. The van der Waals surface area contributed by atoms with Crippen molar-refractivity contribution in [3.63, 3.8) is 0 Å².